The first-order valence-corrected chi connectivity index (χ1v) is 11.3. The van der Waals surface area contributed by atoms with E-state index in [9.17, 15) is 0 Å². The van der Waals surface area contributed by atoms with Crippen LogP contribution in [0.3, 0.4) is 0 Å². The van der Waals surface area contributed by atoms with Gasteiger partial charge in [0.1, 0.15) is 11.5 Å². The van der Waals surface area contributed by atoms with Crippen LogP contribution in [0.2, 0.25) is 0 Å². The summed E-state index contributed by atoms with van der Waals surface area (Å²) in [6.45, 7) is 4.51. The van der Waals surface area contributed by atoms with E-state index in [-0.39, 0.29) is 0 Å². The molecule has 3 aromatic carbocycles. The van der Waals surface area contributed by atoms with Crippen LogP contribution in [0.25, 0.3) is 12.2 Å². The zero-order valence-corrected chi connectivity index (χ0v) is 19.6. The Morgan fingerprint density at radius 2 is 1.03 bits per heavy atom. The van der Waals surface area contributed by atoms with E-state index >= 15 is 0 Å². The summed E-state index contributed by atoms with van der Waals surface area (Å²) in [5.41, 5.74) is 5.11. The lowest BCUT2D eigenvalue weighted by atomic mass is 9.98. The maximum absolute atomic E-state index is 5.24. The second kappa shape index (κ2) is 12.0. The van der Waals surface area contributed by atoms with Crippen molar-refractivity contribution in [2.45, 2.75) is 26.7 Å². The second-order valence-electron chi connectivity index (χ2n) is 8.45. The number of hydrogen-bond acceptors (Lipinski definition) is 2. The van der Waals surface area contributed by atoms with Gasteiger partial charge in [-0.05, 0) is 77.3 Å². The van der Waals surface area contributed by atoms with Crippen LogP contribution in [-0.4, -0.2) is 14.2 Å². The first-order chi connectivity index (χ1) is 15.6. The van der Waals surface area contributed by atoms with Crippen molar-refractivity contribution in [3.8, 4) is 11.5 Å². The van der Waals surface area contributed by atoms with Crippen LogP contribution in [0.1, 0.15) is 36.1 Å². The molecule has 0 saturated carbocycles. The molecule has 0 fully saturated rings. The van der Waals surface area contributed by atoms with Crippen LogP contribution in [0.5, 0.6) is 11.5 Å². The summed E-state index contributed by atoms with van der Waals surface area (Å²) in [4.78, 5) is 0. The number of methoxy groups -OCH3 is 2. The molecule has 0 saturated heterocycles. The van der Waals surface area contributed by atoms with Crippen LogP contribution in [0, 0.1) is 11.8 Å². The SMILES string of the molecule is COc1ccc(CC(C)/C=C/c2cccc(/C=C/C(C)Cc3ccc(OC)cc3)c2)cc1. The van der Waals surface area contributed by atoms with E-state index in [4.69, 9.17) is 9.47 Å². The number of rotatable bonds is 10. The molecule has 0 aliphatic heterocycles. The lowest BCUT2D eigenvalue weighted by molar-refractivity contribution is 0.414. The van der Waals surface area contributed by atoms with Crippen molar-refractivity contribution in [3.05, 3.63) is 107 Å². The van der Waals surface area contributed by atoms with E-state index < -0.39 is 0 Å². The summed E-state index contributed by atoms with van der Waals surface area (Å²) in [5, 5.41) is 0. The predicted octanol–water partition coefficient (Wildman–Crippen LogP) is 7.49. The zero-order valence-electron chi connectivity index (χ0n) is 19.6. The van der Waals surface area contributed by atoms with Gasteiger partial charge in [0.25, 0.3) is 0 Å². The van der Waals surface area contributed by atoms with Gasteiger partial charge in [0.2, 0.25) is 0 Å². The van der Waals surface area contributed by atoms with Crippen LogP contribution >= 0.6 is 0 Å². The first-order valence-electron chi connectivity index (χ1n) is 11.3. The van der Waals surface area contributed by atoms with Crippen molar-refractivity contribution < 1.29 is 9.47 Å². The monoisotopic (exact) mass is 426 g/mol. The Hall–Kier alpha value is -3.26. The average Bonchev–Trinajstić information content (AvgIpc) is 2.83. The highest BCUT2D eigenvalue weighted by Gasteiger charge is 2.02. The molecular formula is C30H34O2. The van der Waals surface area contributed by atoms with E-state index in [2.05, 4.69) is 86.7 Å². The Morgan fingerprint density at radius 3 is 1.41 bits per heavy atom. The maximum Gasteiger partial charge on any atom is 0.118 e. The Balaban J connectivity index is 1.55. The normalized spacial score (nSPS) is 13.4. The lowest BCUT2D eigenvalue weighted by Gasteiger charge is -2.08. The summed E-state index contributed by atoms with van der Waals surface area (Å²) >= 11 is 0. The van der Waals surface area contributed by atoms with Crippen molar-refractivity contribution in [1.29, 1.82) is 0 Å². The number of benzene rings is 3. The molecule has 0 N–H and O–H groups in total. The van der Waals surface area contributed by atoms with Gasteiger partial charge in [0.05, 0.1) is 14.2 Å². The van der Waals surface area contributed by atoms with Gasteiger partial charge in [-0.15, -0.1) is 0 Å². The fourth-order valence-corrected chi connectivity index (χ4v) is 3.72. The maximum atomic E-state index is 5.24. The average molecular weight is 427 g/mol. The number of allylic oxidation sites excluding steroid dienone is 2. The van der Waals surface area contributed by atoms with Crippen molar-refractivity contribution >= 4 is 12.2 Å². The van der Waals surface area contributed by atoms with Gasteiger partial charge in [-0.3, -0.25) is 0 Å². The van der Waals surface area contributed by atoms with Gasteiger partial charge in [-0.2, -0.15) is 0 Å². The molecule has 0 spiro atoms. The van der Waals surface area contributed by atoms with E-state index in [0.717, 1.165) is 24.3 Å². The summed E-state index contributed by atoms with van der Waals surface area (Å²) in [6, 6.07) is 25.4. The molecule has 0 radical (unpaired) electrons. The fraction of sp³-hybridized carbons (Fsp3) is 0.267. The minimum absolute atomic E-state index is 0.465. The second-order valence-corrected chi connectivity index (χ2v) is 8.45. The molecule has 32 heavy (non-hydrogen) atoms. The molecular weight excluding hydrogens is 392 g/mol. The van der Waals surface area contributed by atoms with Gasteiger partial charge in [-0.25, -0.2) is 0 Å². The van der Waals surface area contributed by atoms with Crippen LogP contribution in [0.15, 0.2) is 84.9 Å². The van der Waals surface area contributed by atoms with Gasteiger partial charge in [0.15, 0.2) is 0 Å². The summed E-state index contributed by atoms with van der Waals surface area (Å²) in [6.07, 6.45) is 11.1. The molecule has 3 aromatic rings. The Kier molecular flexibility index (Phi) is 8.74. The molecule has 2 heteroatoms. The van der Waals surface area contributed by atoms with Crippen molar-refractivity contribution in [1.82, 2.24) is 0 Å². The summed E-state index contributed by atoms with van der Waals surface area (Å²) in [7, 11) is 3.40. The number of hydrogen-bond donors (Lipinski definition) is 0. The molecule has 0 aliphatic carbocycles. The highest BCUT2D eigenvalue weighted by atomic mass is 16.5. The minimum Gasteiger partial charge on any atom is -0.497 e. The third-order valence-corrected chi connectivity index (χ3v) is 5.58. The third-order valence-electron chi connectivity index (χ3n) is 5.58. The molecule has 0 bridgehead atoms. The highest BCUT2D eigenvalue weighted by Crippen LogP contribution is 2.18. The van der Waals surface area contributed by atoms with E-state index in [0.29, 0.717) is 11.8 Å². The summed E-state index contributed by atoms with van der Waals surface area (Å²) < 4.78 is 10.5. The molecule has 0 amide bonds. The topological polar surface area (TPSA) is 18.5 Å². The minimum atomic E-state index is 0.465. The third kappa shape index (κ3) is 7.46. The van der Waals surface area contributed by atoms with Gasteiger partial charge >= 0.3 is 0 Å². The van der Waals surface area contributed by atoms with Crippen LogP contribution < -0.4 is 9.47 Å². The van der Waals surface area contributed by atoms with E-state index in [1.54, 1.807) is 14.2 Å². The molecule has 0 aliphatic rings. The fourth-order valence-electron chi connectivity index (χ4n) is 3.72. The Bertz CT molecular complexity index is 933. The zero-order chi connectivity index (χ0) is 22.8. The lowest BCUT2D eigenvalue weighted by Crippen LogP contribution is -1.96. The van der Waals surface area contributed by atoms with E-state index in [1.807, 2.05) is 24.3 Å². The van der Waals surface area contributed by atoms with Gasteiger partial charge in [0, 0.05) is 0 Å². The van der Waals surface area contributed by atoms with Gasteiger partial charge < -0.3 is 9.47 Å². The quantitative estimate of drug-likeness (QED) is 0.334. The molecule has 0 heterocycles. The van der Waals surface area contributed by atoms with E-state index in [1.165, 1.54) is 22.3 Å². The molecule has 166 valence electrons. The van der Waals surface area contributed by atoms with Crippen LogP contribution in [0.4, 0.5) is 0 Å². The molecule has 0 aromatic heterocycles. The van der Waals surface area contributed by atoms with Crippen molar-refractivity contribution in [3.63, 3.8) is 0 Å². The van der Waals surface area contributed by atoms with Crippen LogP contribution in [-0.2, 0) is 12.8 Å². The molecule has 2 nitrogen and oxygen atoms in total. The van der Waals surface area contributed by atoms with Gasteiger partial charge in [-0.1, -0.05) is 80.6 Å². The largest absolute Gasteiger partial charge is 0.497 e. The Labute approximate surface area is 193 Å². The first kappa shape index (κ1) is 23.4. The number of ether oxygens (including phenoxy) is 2. The summed E-state index contributed by atoms with van der Waals surface area (Å²) in [5.74, 6) is 2.74. The Morgan fingerprint density at radius 1 is 0.625 bits per heavy atom. The smallest absolute Gasteiger partial charge is 0.118 e. The molecule has 2 atom stereocenters. The standard InChI is InChI=1S/C30H34O2/c1-23(20-27-12-16-29(31-3)17-13-27)8-10-25-6-5-7-26(22-25)11-9-24(2)21-28-14-18-30(32-4)19-15-28/h5-19,22-24H,20-21H2,1-4H3/b10-8+,11-9+. The van der Waals surface area contributed by atoms with Crippen molar-refractivity contribution in [2.75, 3.05) is 14.2 Å². The predicted molar refractivity (Wildman–Crippen MR) is 136 cm³/mol. The van der Waals surface area contributed by atoms with Crippen molar-refractivity contribution in [2.24, 2.45) is 11.8 Å². The molecule has 3 rings (SSSR count). The highest BCUT2D eigenvalue weighted by molar-refractivity contribution is 5.58. The molecule has 2 unspecified atom stereocenters.